The second-order valence-corrected chi connectivity index (χ2v) is 9.81. The van der Waals surface area contributed by atoms with E-state index >= 15 is 0 Å². The van der Waals surface area contributed by atoms with Gasteiger partial charge in [0.25, 0.3) is 0 Å². The van der Waals surface area contributed by atoms with E-state index in [1.54, 1.807) is 25.4 Å². The number of halogens is 1. The highest BCUT2D eigenvalue weighted by Gasteiger charge is 2.42. The molecule has 0 saturated carbocycles. The molecule has 2 atom stereocenters. The number of carbonyl (C=O) groups excluding carboxylic acids is 1. The van der Waals surface area contributed by atoms with Crippen molar-refractivity contribution in [2.24, 2.45) is 0 Å². The molecule has 1 aliphatic heterocycles. The van der Waals surface area contributed by atoms with Crippen molar-refractivity contribution >= 4 is 40.6 Å². The first-order chi connectivity index (χ1) is 18.3. The number of hydrogen-bond acceptors (Lipinski definition) is 5. The van der Waals surface area contributed by atoms with Crippen LogP contribution in [0.4, 0.5) is 5.69 Å². The summed E-state index contributed by atoms with van der Waals surface area (Å²) in [6.07, 6.45) is 1.79. The molecule has 3 heterocycles. The number of anilines is 1. The number of rotatable bonds is 6. The predicted molar refractivity (Wildman–Crippen MR) is 153 cm³/mol. The minimum Gasteiger partial charge on any atom is -0.495 e. The number of nitrogens with zero attached hydrogens (tertiary/aromatic N) is 3. The van der Waals surface area contributed by atoms with Gasteiger partial charge >= 0.3 is 5.97 Å². The first-order valence-corrected chi connectivity index (χ1v) is 12.8. The van der Waals surface area contributed by atoms with Crippen molar-refractivity contribution in [1.29, 1.82) is 0 Å². The molecule has 5 rings (SSSR count). The third kappa shape index (κ3) is 4.50. The van der Waals surface area contributed by atoms with E-state index in [4.69, 9.17) is 33.3 Å². The van der Waals surface area contributed by atoms with E-state index in [-0.39, 0.29) is 18.1 Å². The highest BCUT2D eigenvalue weighted by atomic mass is 35.5. The SMILES string of the molecule is COC(=O)c1ccc(-n2c(C)cc([C@H]3[C@H](c4ccccn4)NC(=S)N3c3ccc(OC)c(Cl)c3)c2C)cc1. The van der Waals surface area contributed by atoms with E-state index in [0.29, 0.717) is 21.4 Å². The number of thiocarbonyl (C=S) groups is 1. The monoisotopic (exact) mass is 546 g/mol. The molecule has 7 nitrogen and oxygen atoms in total. The third-order valence-corrected chi connectivity index (χ3v) is 7.46. The summed E-state index contributed by atoms with van der Waals surface area (Å²) in [5.41, 5.74) is 6.37. The number of benzene rings is 2. The van der Waals surface area contributed by atoms with Gasteiger partial charge in [-0.25, -0.2) is 4.79 Å². The average Bonchev–Trinajstić information content (AvgIpc) is 3.43. The van der Waals surface area contributed by atoms with Crippen molar-refractivity contribution in [3.63, 3.8) is 0 Å². The Bertz CT molecular complexity index is 1500. The highest BCUT2D eigenvalue weighted by Crippen LogP contribution is 2.44. The van der Waals surface area contributed by atoms with Crippen molar-refractivity contribution < 1.29 is 14.3 Å². The molecule has 2 aromatic heterocycles. The van der Waals surface area contributed by atoms with E-state index in [9.17, 15) is 4.79 Å². The van der Waals surface area contributed by atoms with Crippen molar-refractivity contribution in [2.75, 3.05) is 19.1 Å². The molecule has 2 aromatic carbocycles. The summed E-state index contributed by atoms with van der Waals surface area (Å²) in [6.45, 7) is 4.16. The van der Waals surface area contributed by atoms with Crippen LogP contribution in [0.15, 0.2) is 72.9 Å². The topological polar surface area (TPSA) is 68.6 Å². The van der Waals surface area contributed by atoms with E-state index in [1.165, 1.54) is 7.11 Å². The summed E-state index contributed by atoms with van der Waals surface area (Å²) in [5.74, 6) is 0.232. The zero-order chi connectivity index (χ0) is 27.0. The van der Waals surface area contributed by atoms with Gasteiger partial charge in [-0.05, 0) is 92.3 Å². The number of methoxy groups -OCH3 is 2. The van der Waals surface area contributed by atoms with Crippen LogP contribution in [0.1, 0.15) is 45.1 Å². The lowest BCUT2D eigenvalue weighted by atomic mass is 9.96. The van der Waals surface area contributed by atoms with E-state index in [0.717, 1.165) is 34.0 Å². The lowest BCUT2D eigenvalue weighted by Gasteiger charge is -2.28. The Balaban J connectivity index is 1.63. The molecule has 0 amide bonds. The van der Waals surface area contributed by atoms with Crippen LogP contribution in [-0.4, -0.2) is 34.9 Å². The fourth-order valence-corrected chi connectivity index (χ4v) is 5.70. The normalized spacial score (nSPS) is 16.9. The molecule has 0 spiro atoms. The van der Waals surface area contributed by atoms with Crippen LogP contribution >= 0.6 is 23.8 Å². The number of carbonyl (C=O) groups is 1. The lowest BCUT2D eigenvalue weighted by molar-refractivity contribution is 0.0600. The quantitative estimate of drug-likeness (QED) is 0.231. The molecular weight excluding hydrogens is 520 g/mol. The fraction of sp³-hybridized carbons (Fsp3) is 0.207. The maximum Gasteiger partial charge on any atom is 0.337 e. The Morgan fingerprint density at radius 1 is 1.03 bits per heavy atom. The van der Waals surface area contributed by atoms with Gasteiger partial charge in [-0.1, -0.05) is 17.7 Å². The van der Waals surface area contributed by atoms with Gasteiger partial charge in [0.05, 0.1) is 42.6 Å². The summed E-state index contributed by atoms with van der Waals surface area (Å²) in [5, 5.41) is 4.58. The molecule has 9 heteroatoms. The van der Waals surface area contributed by atoms with Gasteiger partial charge in [-0.15, -0.1) is 0 Å². The molecule has 4 aromatic rings. The second-order valence-electron chi connectivity index (χ2n) is 9.02. The maximum absolute atomic E-state index is 11.9. The largest absolute Gasteiger partial charge is 0.495 e. The predicted octanol–water partition coefficient (Wildman–Crippen LogP) is 6.11. The van der Waals surface area contributed by atoms with Crippen LogP contribution in [0.5, 0.6) is 5.75 Å². The van der Waals surface area contributed by atoms with Gasteiger partial charge in [0.1, 0.15) is 5.75 Å². The van der Waals surface area contributed by atoms with Gasteiger partial charge in [-0.2, -0.15) is 0 Å². The molecule has 38 heavy (non-hydrogen) atoms. The Morgan fingerprint density at radius 2 is 1.76 bits per heavy atom. The molecular formula is C29H27ClN4O3S. The minimum absolute atomic E-state index is 0.194. The third-order valence-electron chi connectivity index (χ3n) is 6.85. The summed E-state index contributed by atoms with van der Waals surface area (Å²) in [4.78, 5) is 18.7. The standard InChI is InChI=1S/C29H27ClN4O3S/c1-17-15-22(18(2)33(17)20-10-8-19(9-11-20)28(35)37-4)27-26(24-7-5-6-14-31-24)32-29(38)34(27)21-12-13-25(36-3)23(30)16-21/h5-16,26-27H,1-4H3,(H,32,38)/t26-,27-/m0/s1. The Kier molecular flexibility index (Phi) is 7.10. The number of esters is 1. The molecule has 1 fully saturated rings. The number of pyridine rings is 1. The summed E-state index contributed by atoms with van der Waals surface area (Å²) < 4.78 is 12.4. The van der Waals surface area contributed by atoms with Crippen molar-refractivity contribution in [3.05, 3.63) is 106 Å². The van der Waals surface area contributed by atoms with Crippen LogP contribution in [0, 0.1) is 13.8 Å². The van der Waals surface area contributed by atoms with Crippen LogP contribution in [0.2, 0.25) is 5.02 Å². The van der Waals surface area contributed by atoms with E-state index in [1.807, 2.05) is 48.5 Å². The number of aryl methyl sites for hydroxylation is 1. The van der Waals surface area contributed by atoms with Crippen LogP contribution < -0.4 is 15.0 Å². The fourth-order valence-electron chi connectivity index (χ4n) is 5.10. The number of aromatic nitrogens is 2. The van der Waals surface area contributed by atoms with Crippen molar-refractivity contribution in [2.45, 2.75) is 25.9 Å². The van der Waals surface area contributed by atoms with Gasteiger partial charge in [-0.3, -0.25) is 4.98 Å². The minimum atomic E-state index is -0.365. The van der Waals surface area contributed by atoms with Crippen LogP contribution in [-0.2, 0) is 4.74 Å². The van der Waals surface area contributed by atoms with Crippen molar-refractivity contribution in [3.8, 4) is 11.4 Å². The molecule has 1 saturated heterocycles. The number of hydrogen-bond donors (Lipinski definition) is 1. The number of nitrogens with one attached hydrogen (secondary N) is 1. The van der Waals surface area contributed by atoms with E-state index < -0.39 is 0 Å². The Hall–Kier alpha value is -3.88. The highest BCUT2D eigenvalue weighted by molar-refractivity contribution is 7.80. The molecule has 1 aliphatic rings. The van der Waals surface area contributed by atoms with Crippen LogP contribution in [0.3, 0.4) is 0 Å². The van der Waals surface area contributed by atoms with Gasteiger partial charge in [0.2, 0.25) is 0 Å². The summed E-state index contributed by atoms with van der Waals surface area (Å²) >= 11 is 12.4. The van der Waals surface area contributed by atoms with Gasteiger partial charge < -0.3 is 24.3 Å². The molecule has 0 unspecified atom stereocenters. The molecule has 0 bridgehead atoms. The maximum atomic E-state index is 11.9. The summed E-state index contributed by atoms with van der Waals surface area (Å²) in [6, 6.07) is 20.7. The average molecular weight is 547 g/mol. The van der Waals surface area contributed by atoms with E-state index in [2.05, 4.69) is 39.7 Å². The number of ether oxygens (including phenoxy) is 2. The van der Waals surface area contributed by atoms with Gasteiger partial charge in [0, 0.05) is 29.0 Å². The second kappa shape index (κ2) is 10.5. The molecule has 0 radical (unpaired) electrons. The molecule has 0 aliphatic carbocycles. The molecule has 1 N–H and O–H groups in total. The lowest BCUT2D eigenvalue weighted by Crippen LogP contribution is -2.29. The zero-order valence-corrected chi connectivity index (χ0v) is 23.0. The summed E-state index contributed by atoms with van der Waals surface area (Å²) in [7, 11) is 2.97. The first-order valence-electron chi connectivity index (χ1n) is 12.1. The smallest absolute Gasteiger partial charge is 0.337 e. The first kappa shape index (κ1) is 25.8. The van der Waals surface area contributed by atoms with Crippen LogP contribution in [0.25, 0.3) is 5.69 Å². The molecule has 194 valence electrons. The Morgan fingerprint density at radius 3 is 2.39 bits per heavy atom. The Labute approximate surface area is 232 Å². The van der Waals surface area contributed by atoms with Gasteiger partial charge in [0.15, 0.2) is 5.11 Å². The zero-order valence-electron chi connectivity index (χ0n) is 21.4. The van der Waals surface area contributed by atoms with Crippen molar-refractivity contribution in [1.82, 2.24) is 14.9 Å².